The summed E-state index contributed by atoms with van der Waals surface area (Å²) >= 11 is 2.05. The van der Waals surface area contributed by atoms with Gasteiger partial charge in [0.05, 0.1) is 12.3 Å². The highest BCUT2D eigenvalue weighted by molar-refractivity contribution is 8.00. The second-order valence-electron chi connectivity index (χ2n) is 5.10. The lowest BCUT2D eigenvalue weighted by molar-refractivity contribution is 0.412. The van der Waals surface area contributed by atoms with E-state index in [9.17, 15) is 0 Å². The van der Waals surface area contributed by atoms with Crippen LogP contribution in [0, 0.1) is 0 Å². The summed E-state index contributed by atoms with van der Waals surface area (Å²) in [6.07, 6.45) is 2.98. The SMILES string of the molecule is CC1CC(NC(c2ccccc2)c2ccco2)CS1. The molecule has 2 aromatic rings. The molecule has 3 rings (SSSR count). The molecule has 1 saturated heterocycles. The van der Waals surface area contributed by atoms with Crippen molar-refractivity contribution in [3.63, 3.8) is 0 Å². The summed E-state index contributed by atoms with van der Waals surface area (Å²) in [4.78, 5) is 0. The second-order valence-corrected chi connectivity index (χ2v) is 6.57. The van der Waals surface area contributed by atoms with Crippen molar-refractivity contribution in [1.29, 1.82) is 0 Å². The van der Waals surface area contributed by atoms with Gasteiger partial charge in [-0.15, -0.1) is 0 Å². The van der Waals surface area contributed by atoms with Gasteiger partial charge in [0.2, 0.25) is 0 Å². The predicted molar refractivity (Wildman–Crippen MR) is 80.5 cm³/mol. The molecule has 0 bridgehead atoms. The van der Waals surface area contributed by atoms with Crippen LogP contribution in [0.15, 0.2) is 53.1 Å². The Morgan fingerprint density at radius 1 is 1.21 bits per heavy atom. The molecular weight excluding hydrogens is 254 g/mol. The Kier molecular flexibility index (Phi) is 3.95. The quantitative estimate of drug-likeness (QED) is 0.916. The van der Waals surface area contributed by atoms with Gasteiger partial charge in [0.15, 0.2) is 0 Å². The zero-order valence-electron chi connectivity index (χ0n) is 11.1. The monoisotopic (exact) mass is 273 g/mol. The molecule has 3 unspecified atom stereocenters. The molecule has 0 spiro atoms. The summed E-state index contributed by atoms with van der Waals surface area (Å²) in [5, 5.41) is 4.51. The molecule has 2 nitrogen and oxygen atoms in total. The highest BCUT2D eigenvalue weighted by Crippen LogP contribution is 2.30. The Balaban J connectivity index is 1.81. The van der Waals surface area contributed by atoms with Crippen LogP contribution in [0.3, 0.4) is 0 Å². The molecule has 2 heterocycles. The van der Waals surface area contributed by atoms with Crippen LogP contribution in [-0.4, -0.2) is 17.0 Å². The lowest BCUT2D eigenvalue weighted by Gasteiger charge is -2.21. The van der Waals surface area contributed by atoms with Gasteiger partial charge < -0.3 is 4.42 Å². The van der Waals surface area contributed by atoms with Crippen molar-refractivity contribution in [2.45, 2.75) is 30.7 Å². The standard InChI is InChI=1S/C16H19NOS/c1-12-10-14(11-19-12)17-16(15-8-5-9-18-15)13-6-3-2-4-7-13/h2-9,12,14,16-17H,10-11H2,1H3. The lowest BCUT2D eigenvalue weighted by Crippen LogP contribution is -2.33. The van der Waals surface area contributed by atoms with E-state index in [-0.39, 0.29) is 6.04 Å². The van der Waals surface area contributed by atoms with Crippen LogP contribution in [0.25, 0.3) is 0 Å². The first-order valence-corrected chi connectivity index (χ1v) is 7.84. The van der Waals surface area contributed by atoms with Crippen LogP contribution < -0.4 is 5.32 Å². The van der Waals surface area contributed by atoms with E-state index in [4.69, 9.17) is 4.42 Å². The third-order valence-corrected chi connectivity index (χ3v) is 4.92. The first-order valence-electron chi connectivity index (χ1n) is 6.79. The zero-order chi connectivity index (χ0) is 13.1. The van der Waals surface area contributed by atoms with Crippen LogP contribution in [0.1, 0.15) is 30.7 Å². The van der Waals surface area contributed by atoms with E-state index in [0.29, 0.717) is 6.04 Å². The van der Waals surface area contributed by atoms with Gasteiger partial charge in [0, 0.05) is 17.0 Å². The number of thioether (sulfide) groups is 1. The molecule has 1 fully saturated rings. The summed E-state index contributed by atoms with van der Waals surface area (Å²) in [5.41, 5.74) is 1.27. The smallest absolute Gasteiger partial charge is 0.125 e. The van der Waals surface area contributed by atoms with E-state index in [1.165, 1.54) is 17.7 Å². The van der Waals surface area contributed by atoms with E-state index in [1.807, 2.05) is 17.8 Å². The average molecular weight is 273 g/mol. The Morgan fingerprint density at radius 2 is 2.05 bits per heavy atom. The summed E-state index contributed by atoms with van der Waals surface area (Å²) in [6.45, 7) is 2.30. The van der Waals surface area contributed by atoms with Gasteiger partial charge >= 0.3 is 0 Å². The van der Waals surface area contributed by atoms with Gasteiger partial charge in [0.1, 0.15) is 5.76 Å². The van der Waals surface area contributed by atoms with Gasteiger partial charge in [-0.2, -0.15) is 11.8 Å². The van der Waals surface area contributed by atoms with Crippen LogP contribution >= 0.6 is 11.8 Å². The maximum Gasteiger partial charge on any atom is 0.125 e. The number of furan rings is 1. The molecular formula is C16H19NOS. The summed E-state index contributed by atoms with van der Waals surface area (Å²) in [7, 11) is 0. The molecule has 0 radical (unpaired) electrons. The summed E-state index contributed by atoms with van der Waals surface area (Å²) in [6, 6.07) is 15.3. The van der Waals surface area contributed by atoms with Crippen molar-refractivity contribution in [1.82, 2.24) is 5.32 Å². The van der Waals surface area contributed by atoms with E-state index in [1.54, 1.807) is 6.26 Å². The van der Waals surface area contributed by atoms with Crippen molar-refractivity contribution in [2.24, 2.45) is 0 Å². The van der Waals surface area contributed by atoms with Gasteiger partial charge in [-0.05, 0) is 24.1 Å². The molecule has 3 atom stereocenters. The van der Waals surface area contributed by atoms with Crippen molar-refractivity contribution in [2.75, 3.05) is 5.75 Å². The topological polar surface area (TPSA) is 25.2 Å². The average Bonchev–Trinajstić information content (AvgIpc) is 3.08. The van der Waals surface area contributed by atoms with Gasteiger partial charge in [0.25, 0.3) is 0 Å². The normalized spacial score (nSPS) is 24.5. The van der Waals surface area contributed by atoms with Crippen LogP contribution in [0.2, 0.25) is 0 Å². The maximum atomic E-state index is 5.62. The number of benzene rings is 1. The number of nitrogens with one attached hydrogen (secondary N) is 1. The molecule has 1 aliphatic rings. The first-order chi connectivity index (χ1) is 9.33. The van der Waals surface area contributed by atoms with E-state index in [2.05, 4.69) is 48.6 Å². The largest absolute Gasteiger partial charge is 0.467 e. The fourth-order valence-electron chi connectivity index (χ4n) is 2.61. The highest BCUT2D eigenvalue weighted by Gasteiger charge is 2.26. The minimum Gasteiger partial charge on any atom is -0.467 e. The zero-order valence-corrected chi connectivity index (χ0v) is 11.9. The van der Waals surface area contributed by atoms with Crippen molar-refractivity contribution >= 4 is 11.8 Å². The van der Waals surface area contributed by atoms with Crippen molar-refractivity contribution in [3.8, 4) is 0 Å². The van der Waals surface area contributed by atoms with Crippen LogP contribution in [0.5, 0.6) is 0 Å². The van der Waals surface area contributed by atoms with Gasteiger partial charge in [-0.25, -0.2) is 0 Å². The minimum absolute atomic E-state index is 0.159. The molecule has 0 aliphatic carbocycles. The molecule has 1 N–H and O–H groups in total. The summed E-state index contributed by atoms with van der Waals surface area (Å²) in [5.74, 6) is 2.18. The second kappa shape index (κ2) is 5.85. The Hall–Kier alpha value is -1.19. The first kappa shape index (κ1) is 12.8. The van der Waals surface area contributed by atoms with Crippen LogP contribution in [0.4, 0.5) is 0 Å². The molecule has 1 aromatic carbocycles. The number of hydrogen-bond acceptors (Lipinski definition) is 3. The fraction of sp³-hybridized carbons (Fsp3) is 0.375. The number of rotatable bonds is 4. The molecule has 3 heteroatoms. The van der Waals surface area contributed by atoms with E-state index < -0.39 is 0 Å². The summed E-state index contributed by atoms with van der Waals surface area (Å²) < 4.78 is 5.62. The van der Waals surface area contributed by atoms with Gasteiger partial charge in [-0.1, -0.05) is 37.3 Å². The fourth-order valence-corrected chi connectivity index (χ4v) is 3.77. The Labute approximate surface area is 118 Å². The predicted octanol–water partition coefficient (Wildman–Crippen LogP) is 3.85. The van der Waals surface area contributed by atoms with Crippen molar-refractivity contribution in [3.05, 3.63) is 60.1 Å². The van der Waals surface area contributed by atoms with Gasteiger partial charge in [-0.3, -0.25) is 5.32 Å². The van der Waals surface area contributed by atoms with E-state index >= 15 is 0 Å². The maximum absolute atomic E-state index is 5.62. The highest BCUT2D eigenvalue weighted by atomic mass is 32.2. The number of hydrogen-bond donors (Lipinski definition) is 1. The third-order valence-electron chi connectivity index (χ3n) is 3.56. The molecule has 0 amide bonds. The molecule has 0 saturated carbocycles. The third kappa shape index (κ3) is 3.04. The Bertz CT molecular complexity index is 497. The molecule has 19 heavy (non-hydrogen) atoms. The lowest BCUT2D eigenvalue weighted by atomic mass is 10.0. The molecule has 1 aromatic heterocycles. The van der Waals surface area contributed by atoms with E-state index in [0.717, 1.165) is 11.0 Å². The minimum atomic E-state index is 0.159. The van der Waals surface area contributed by atoms with Crippen LogP contribution in [-0.2, 0) is 0 Å². The Morgan fingerprint density at radius 3 is 2.68 bits per heavy atom. The molecule has 100 valence electrons. The molecule has 1 aliphatic heterocycles. The van der Waals surface area contributed by atoms with Crippen molar-refractivity contribution < 1.29 is 4.42 Å².